The molecule has 0 radical (unpaired) electrons. The topological polar surface area (TPSA) is 90.0 Å². The number of nitrogens with two attached hydrogens (primary N) is 1. The van der Waals surface area contributed by atoms with Crippen molar-refractivity contribution in [2.75, 3.05) is 5.73 Å². The van der Waals surface area contributed by atoms with Gasteiger partial charge in [-0.2, -0.15) is 0 Å². The summed E-state index contributed by atoms with van der Waals surface area (Å²) in [6.07, 6.45) is 3.09. The third kappa shape index (κ3) is 2.54. The molecule has 0 aliphatic heterocycles. The van der Waals surface area contributed by atoms with E-state index in [1.165, 1.54) is 6.20 Å². The fourth-order valence-electron chi connectivity index (χ4n) is 2.66. The second kappa shape index (κ2) is 4.85. The number of nitrogens with one attached hydrogen (secondary N) is 1. The minimum Gasteiger partial charge on any atom is -0.399 e. The molecule has 0 saturated carbocycles. The third-order valence-electron chi connectivity index (χ3n) is 3.90. The van der Waals surface area contributed by atoms with Crippen LogP contribution in [0.2, 0.25) is 0 Å². The number of imidazole rings is 1. The highest BCUT2D eigenvalue weighted by atomic mass is 32.2. The monoisotopic (exact) mass is 306 g/mol. The maximum absolute atomic E-state index is 12.4. The lowest BCUT2D eigenvalue weighted by Crippen LogP contribution is -2.27. The quantitative estimate of drug-likeness (QED) is 0.836. The van der Waals surface area contributed by atoms with Crippen LogP contribution in [0.25, 0.3) is 0 Å². The highest BCUT2D eigenvalue weighted by Crippen LogP contribution is 2.33. The number of sulfonamides is 1. The molecule has 3 rings (SSSR count). The van der Waals surface area contributed by atoms with Crippen molar-refractivity contribution in [1.82, 2.24) is 14.3 Å². The summed E-state index contributed by atoms with van der Waals surface area (Å²) in [5.41, 5.74) is 8.58. The van der Waals surface area contributed by atoms with Gasteiger partial charge in [0.05, 0.1) is 0 Å². The second-order valence-corrected chi connectivity index (χ2v) is 7.07. The van der Waals surface area contributed by atoms with Gasteiger partial charge in [0.15, 0.2) is 5.03 Å². The summed E-state index contributed by atoms with van der Waals surface area (Å²) in [5, 5.41) is 0.0615. The van der Waals surface area contributed by atoms with E-state index in [9.17, 15) is 8.42 Å². The lowest BCUT2D eigenvalue weighted by atomic mass is 10.1. The summed E-state index contributed by atoms with van der Waals surface area (Å²) >= 11 is 0. The van der Waals surface area contributed by atoms with Crippen LogP contribution in [0.1, 0.15) is 29.4 Å². The van der Waals surface area contributed by atoms with E-state index in [-0.39, 0.29) is 11.1 Å². The Balaban J connectivity index is 1.88. The molecule has 0 bridgehead atoms. The predicted molar refractivity (Wildman–Crippen MR) is 80.2 cm³/mol. The van der Waals surface area contributed by atoms with E-state index in [0.717, 1.165) is 24.0 Å². The van der Waals surface area contributed by atoms with Crippen molar-refractivity contribution >= 4 is 15.7 Å². The van der Waals surface area contributed by atoms with Crippen LogP contribution in [0.5, 0.6) is 0 Å². The summed E-state index contributed by atoms with van der Waals surface area (Å²) in [5.74, 6) is 0.662. The van der Waals surface area contributed by atoms with Gasteiger partial charge < -0.3 is 10.3 Å². The number of benzene rings is 1. The Hall–Kier alpha value is -1.86. The SMILES string of the molecule is Cc1nc(S(=O)(=O)NC2CCc3cc(N)ccc32)cn1C. The van der Waals surface area contributed by atoms with E-state index >= 15 is 0 Å². The molecule has 1 aromatic carbocycles. The van der Waals surface area contributed by atoms with Crippen LogP contribution in [0, 0.1) is 6.92 Å². The van der Waals surface area contributed by atoms with Gasteiger partial charge in [-0.15, -0.1) is 0 Å². The Bertz CT molecular complexity index is 776. The summed E-state index contributed by atoms with van der Waals surface area (Å²) in [4.78, 5) is 4.09. The number of rotatable bonds is 3. The molecule has 1 aliphatic carbocycles. The average Bonchev–Trinajstić information content (AvgIpc) is 2.94. The van der Waals surface area contributed by atoms with Crippen LogP contribution in [-0.2, 0) is 23.5 Å². The minimum absolute atomic E-state index is 0.0615. The normalized spacial score (nSPS) is 17.9. The molecule has 1 atom stereocenters. The van der Waals surface area contributed by atoms with Gasteiger partial charge in [0.1, 0.15) is 5.82 Å². The molecular formula is C14H18N4O2S. The summed E-state index contributed by atoms with van der Waals surface area (Å²) in [7, 11) is -1.84. The van der Waals surface area contributed by atoms with E-state index in [0.29, 0.717) is 11.5 Å². The lowest BCUT2D eigenvalue weighted by molar-refractivity contribution is 0.551. The Morgan fingerprint density at radius 1 is 1.43 bits per heavy atom. The van der Waals surface area contributed by atoms with Crippen LogP contribution in [0.3, 0.4) is 0 Å². The van der Waals surface area contributed by atoms with E-state index in [1.54, 1.807) is 24.6 Å². The maximum atomic E-state index is 12.4. The Morgan fingerprint density at radius 2 is 2.19 bits per heavy atom. The number of nitrogens with zero attached hydrogens (tertiary/aromatic N) is 2. The van der Waals surface area contributed by atoms with Crippen LogP contribution in [0.4, 0.5) is 5.69 Å². The van der Waals surface area contributed by atoms with Crippen molar-refractivity contribution < 1.29 is 8.42 Å². The number of aromatic nitrogens is 2. The van der Waals surface area contributed by atoms with Crippen molar-refractivity contribution in [2.45, 2.75) is 30.8 Å². The van der Waals surface area contributed by atoms with E-state index in [2.05, 4.69) is 9.71 Å². The van der Waals surface area contributed by atoms with Gasteiger partial charge in [-0.3, -0.25) is 0 Å². The highest BCUT2D eigenvalue weighted by molar-refractivity contribution is 7.89. The maximum Gasteiger partial charge on any atom is 0.260 e. The van der Waals surface area contributed by atoms with Crippen molar-refractivity contribution in [3.05, 3.63) is 41.3 Å². The predicted octanol–water partition coefficient (Wildman–Crippen LogP) is 1.28. The summed E-state index contributed by atoms with van der Waals surface area (Å²) in [6, 6.07) is 5.40. The first-order valence-corrected chi connectivity index (χ1v) is 8.26. The van der Waals surface area contributed by atoms with Crippen LogP contribution >= 0.6 is 0 Å². The van der Waals surface area contributed by atoms with Crippen molar-refractivity contribution in [3.8, 4) is 0 Å². The summed E-state index contributed by atoms with van der Waals surface area (Å²) in [6.45, 7) is 1.77. The molecule has 112 valence electrons. The number of hydrogen-bond acceptors (Lipinski definition) is 4. The van der Waals surface area contributed by atoms with Gasteiger partial charge in [-0.1, -0.05) is 6.07 Å². The highest BCUT2D eigenvalue weighted by Gasteiger charge is 2.28. The molecule has 0 spiro atoms. The molecule has 0 fully saturated rings. The van der Waals surface area contributed by atoms with Gasteiger partial charge in [0.2, 0.25) is 0 Å². The molecule has 1 heterocycles. The number of anilines is 1. The largest absolute Gasteiger partial charge is 0.399 e. The van der Waals surface area contributed by atoms with E-state index < -0.39 is 10.0 Å². The third-order valence-corrected chi connectivity index (χ3v) is 5.25. The van der Waals surface area contributed by atoms with Gasteiger partial charge in [0.25, 0.3) is 10.0 Å². The smallest absolute Gasteiger partial charge is 0.260 e. The number of nitrogen functional groups attached to an aromatic ring is 1. The van der Waals surface area contributed by atoms with Gasteiger partial charge >= 0.3 is 0 Å². The molecule has 1 aliphatic rings. The number of aryl methyl sites for hydroxylation is 3. The van der Waals surface area contributed by atoms with Crippen LogP contribution in [-0.4, -0.2) is 18.0 Å². The molecule has 2 aromatic rings. The fraction of sp³-hybridized carbons (Fsp3) is 0.357. The lowest BCUT2D eigenvalue weighted by Gasteiger charge is -2.13. The Morgan fingerprint density at radius 3 is 2.86 bits per heavy atom. The standard InChI is InChI=1S/C14H18N4O2S/c1-9-16-14(8-18(9)2)21(19,20)17-13-6-3-10-7-11(15)4-5-12(10)13/h4-5,7-8,13,17H,3,6,15H2,1-2H3. The first kappa shape index (κ1) is 14.1. The van der Waals surface area contributed by atoms with Crippen molar-refractivity contribution in [3.63, 3.8) is 0 Å². The van der Waals surface area contributed by atoms with E-state index in [1.807, 2.05) is 12.1 Å². The van der Waals surface area contributed by atoms with Gasteiger partial charge in [-0.05, 0) is 43.0 Å². The molecule has 0 amide bonds. The molecular weight excluding hydrogens is 288 g/mol. The number of fused-ring (bicyclic) bond motifs is 1. The molecule has 6 nitrogen and oxygen atoms in total. The second-order valence-electron chi connectivity index (χ2n) is 5.41. The fourth-order valence-corrected chi connectivity index (χ4v) is 3.95. The Kier molecular flexibility index (Phi) is 3.26. The zero-order valence-corrected chi connectivity index (χ0v) is 12.8. The zero-order valence-electron chi connectivity index (χ0n) is 12.0. The van der Waals surface area contributed by atoms with Crippen molar-refractivity contribution in [2.24, 2.45) is 7.05 Å². The molecule has 7 heteroatoms. The van der Waals surface area contributed by atoms with Gasteiger partial charge in [0, 0.05) is 25.0 Å². The first-order chi connectivity index (χ1) is 9.87. The van der Waals surface area contributed by atoms with E-state index in [4.69, 9.17) is 5.73 Å². The molecule has 3 N–H and O–H groups in total. The molecule has 21 heavy (non-hydrogen) atoms. The first-order valence-electron chi connectivity index (χ1n) is 6.77. The Labute approximate surface area is 124 Å². The number of hydrogen-bond donors (Lipinski definition) is 2. The van der Waals surface area contributed by atoms with Gasteiger partial charge in [-0.25, -0.2) is 18.1 Å². The minimum atomic E-state index is -3.61. The van der Waals surface area contributed by atoms with Crippen molar-refractivity contribution in [1.29, 1.82) is 0 Å². The molecule has 0 saturated heterocycles. The average molecular weight is 306 g/mol. The zero-order chi connectivity index (χ0) is 15.2. The molecule has 1 unspecified atom stereocenters. The molecule has 1 aromatic heterocycles. The summed E-state index contributed by atoms with van der Waals surface area (Å²) < 4.78 is 29.3. The van der Waals surface area contributed by atoms with Crippen LogP contribution < -0.4 is 10.5 Å². The van der Waals surface area contributed by atoms with Crippen LogP contribution in [0.15, 0.2) is 29.4 Å².